The van der Waals surface area contributed by atoms with Gasteiger partial charge in [0.25, 0.3) is 0 Å². The monoisotopic (exact) mass is 442 g/mol. The van der Waals surface area contributed by atoms with Crippen LogP contribution in [0.15, 0.2) is 54.7 Å². The van der Waals surface area contributed by atoms with E-state index in [1.54, 1.807) is 6.07 Å². The topological polar surface area (TPSA) is 70.3 Å². The number of piperazine rings is 1. The molecule has 32 heavy (non-hydrogen) atoms. The maximum Gasteiger partial charge on any atom is 0.416 e. The fourth-order valence-electron chi connectivity index (χ4n) is 3.72. The van der Waals surface area contributed by atoms with E-state index in [1.165, 1.54) is 18.3 Å². The number of benzene rings is 2. The van der Waals surface area contributed by atoms with E-state index in [-0.39, 0.29) is 17.8 Å². The van der Waals surface area contributed by atoms with Crippen LogP contribution in [-0.2, 0) is 12.6 Å². The number of anilines is 4. The zero-order valence-corrected chi connectivity index (χ0v) is 17.7. The van der Waals surface area contributed by atoms with Crippen molar-refractivity contribution >= 4 is 23.1 Å². The Morgan fingerprint density at radius 1 is 0.969 bits per heavy atom. The molecule has 2 aromatic carbocycles. The number of alkyl halides is 3. The Bertz CT molecular complexity index is 1060. The second kappa shape index (κ2) is 9.04. The molecule has 0 aliphatic carbocycles. The van der Waals surface area contributed by atoms with E-state index in [1.807, 2.05) is 24.3 Å². The molecule has 1 saturated heterocycles. The van der Waals surface area contributed by atoms with Crippen molar-refractivity contribution in [3.05, 3.63) is 71.4 Å². The van der Waals surface area contributed by atoms with Gasteiger partial charge in [-0.1, -0.05) is 18.2 Å². The van der Waals surface area contributed by atoms with Crippen LogP contribution >= 0.6 is 0 Å². The number of nitrogens with one attached hydrogen (secondary N) is 1. The second-order valence-corrected chi connectivity index (χ2v) is 7.90. The molecule has 0 amide bonds. The van der Waals surface area contributed by atoms with Crippen LogP contribution in [0.25, 0.3) is 0 Å². The number of rotatable bonds is 5. The molecular weight excluding hydrogens is 417 g/mol. The first kappa shape index (κ1) is 21.9. The van der Waals surface area contributed by atoms with Gasteiger partial charge in [0.1, 0.15) is 5.82 Å². The van der Waals surface area contributed by atoms with Gasteiger partial charge in [0.05, 0.1) is 5.56 Å². The zero-order valence-electron chi connectivity index (χ0n) is 17.7. The Labute approximate surface area is 184 Å². The van der Waals surface area contributed by atoms with E-state index in [0.717, 1.165) is 43.6 Å². The van der Waals surface area contributed by atoms with E-state index < -0.39 is 11.7 Å². The number of nitrogen functional groups attached to an aromatic ring is 1. The summed E-state index contributed by atoms with van der Waals surface area (Å²) in [6.07, 6.45) is -2.96. The molecule has 3 N–H and O–H groups in total. The lowest BCUT2D eigenvalue weighted by Gasteiger charge is -2.34. The Hall–Kier alpha value is -3.33. The molecule has 3 aromatic rings. The lowest BCUT2D eigenvalue weighted by molar-refractivity contribution is -0.138. The van der Waals surface area contributed by atoms with Gasteiger partial charge in [-0.05, 0) is 42.9 Å². The van der Waals surface area contributed by atoms with Crippen molar-refractivity contribution in [3.63, 3.8) is 0 Å². The van der Waals surface area contributed by atoms with Crippen molar-refractivity contribution in [1.82, 2.24) is 14.9 Å². The fourth-order valence-corrected chi connectivity index (χ4v) is 3.72. The third-order valence-electron chi connectivity index (χ3n) is 5.59. The van der Waals surface area contributed by atoms with Crippen molar-refractivity contribution in [2.75, 3.05) is 49.2 Å². The smallest absolute Gasteiger partial charge is 0.383 e. The Morgan fingerprint density at radius 2 is 1.66 bits per heavy atom. The molecule has 2 heterocycles. The fraction of sp³-hybridized carbons (Fsp3) is 0.304. The van der Waals surface area contributed by atoms with Crippen molar-refractivity contribution < 1.29 is 13.2 Å². The van der Waals surface area contributed by atoms with Crippen LogP contribution in [0, 0.1) is 0 Å². The maximum atomic E-state index is 13.2. The number of hydrogen-bond acceptors (Lipinski definition) is 6. The molecule has 0 bridgehead atoms. The summed E-state index contributed by atoms with van der Waals surface area (Å²) in [6, 6.07) is 13.4. The first-order chi connectivity index (χ1) is 15.3. The van der Waals surface area contributed by atoms with Gasteiger partial charge in [0.15, 0.2) is 0 Å². The van der Waals surface area contributed by atoms with Crippen molar-refractivity contribution in [2.24, 2.45) is 0 Å². The number of likely N-dealkylation sites (N-methyl/N-ethyl adjacent to an activating group) is 1. The van der Waals surface area contributed by atoms with Gasteiger partial charge in [-0.15, -0.1) is 0 Å². The van der Waals surface area contributed by atoms with E-state index >= 15 is 0 Å². The highest BCUT2D eigenvalue weighted by molar-refractivity contribution is 5.60. The minimum atomic E-state index is -4.43. The van der Waals surface area contributed by atoms with Crippen LogP contribution in [0.1, 0.15) is 16.7 Å². The van der Waals surface area contributed by atoms with Crippen molar-refractivity contribution in [1.29, 1.82) is 0 Å². The summed E-state index contributed by atoms with van der Waals surface area (Å²) >= 11 is 0. The van der Waals surface area contributed by atoms with E-state index in [9.17, 15) is 13.2 Å². The van der Waals surface area contributed by atoms with Crippen LogP contribution in [0.5, 0.6) is 0 Å². The molecule has 168 valence electrons. The molecule has 1 aliphatic heterocycles. The van der Waals surface area contributed by atoms with Crippen LogP contribution in [0.2, 0.25) is 0 Å². The van der Waals surface area contributed by atoms with Gasteiger partial charge in [0, 0.05) is 55.7 Å². The minimum Gasteiger partial charge on any atom is -0.383 e. The van der Waals surface area contributed by atoms with Gasteiger partial charge in [-0.2, -0.15) is 18.2 Å². The highest BCUT2D eigenvalue weighted by atomic mass is 19.4. The summed E-state index contributed by atoms with van der Waals surface area (Å²) in [7, 11) is 2.12. The Morgan fingerprint density at radius 3 is 2.31 bits per heavy atom. The summed E-state index contributed by atoms with van der Waals surface area (Å²) < 4.78 is 39.7. The summed E-state index contributed by atoms with van der Waals surface area (Å²) in [5.74, 6) is 0.441. The average molecular weight is 442 g/mol. The van der Waals surface area contributed by atoms with Crippen LogP contribution in [0.3, 0.4) is 0 Å². The molecule has 1 aromatic heterocycles. The quantitative estimate of drug-likeness (QED) is 0.618. The molecule has 0 radical (unpaired) electrons. The van der Waals surface area contributed by atoms with Gasteiger partial charge in [-0.25, -0.2) is 4.98 Å². The first-order valence-electron chi connectivity index (χ1n) is 10.4. The lowest BCUT2D eigenvalue weighted by Crippen LogP contribution is -2.44. The number of nitrogens with two attached hydrogens (primary N) is 1. The van der Waals surface area contributed by atoms with Crippen LogP contribution in [0.4, 0.5) is 36.3 Å². The standard InChI is InChI=1S/C23H25F3N6/c1-31-10-12-32(13-11-31)19-8-6-18(7-9-19)29-22-28-15-17(21(27)30-22)14-16-4-2-3-5-20(16)23(24,25)26/h2-9,15H,10-14H2,1H3,(H3,27,28,29,30). The molecule has 0 unspecified atom stereocenters. The molecule has 0 saturated carbocycles. The third-order valence-corrected chi connectivity index (χ3v) is 5.59. The Kier molecular flexibility index (Phi) is 6.18. The van der Waals surface area contributed by atoms with Gasteiger partial charge >= 0.3 is 6.18 Å². The minimum absolute atomic E-state index is 0.00150. The summed E-state index contributed by atoms with van der Waals surface area (Å²) in [5, 5.41) is 3.10. The lowest BCUT2D eigenvalue weighted by atomic mass is 10.0. The zero-order chi connectivity index (χ0) is 22.7. The number of nitrogens with zero attached hydrogens (tertiary/aromatic N) is 4. The van der Waals surface area contributed by atoms with Gasteiger partial charge in [-0.3, -0.25) is 0 Å². The highest BCUT2D eigenvalue weighted by Gasteiger charge is 2.33. The van der Waals surface area contributed by atoms with Crippen molar-refractivity contribution in [3.8, 4) is 0 Å². The molecule has 4 rings (SSSR count). The molecule has 0 atom stereocenters. The summed E-state index contributed by atoms with van der Waals surface area (Å²) in [5.41, 5.74) is 7.89. The van der Waals surface area contributed by atoms with E-state index in [4.69, 9.17) is 5.73 Å². The molecular formula is C23H25F3N6. The Balaban J connectivity index is 1.44. The second-order valence-electron chi connectivity index (χ2n) is 7.90. The maximum absolute atomic E-state index is 13.2. The molecule has 0 spiro atoms. The number of aromatic nitrogens is 2. The molecule has 1 aliphatic rings. The van der Waals surface area contributed by atoms with E-state index in [2.05, 4.69) is 32.1 Å². The average Bonchev–Trinajstić information content (AvgIpc) is 2.76. The van der Waals surface area contributed by atoms with Gasteiger partial charge < -0.3 is 20.9 Å². The van der Waals surface area contributed by atoms with Crippen LogP contribution < -0.4 is 16.0 Å². The third kappa shape index (κ3) is 5.11. The van der Waals surface area contributed by atoms with Gasteiger partial charge in [0.2, 0.25) is 5.95 Å². The first-order valence-corrected chi connectivity index (χ1v) is 10.4. The SMILES string of the molecule is CN1CCN(c2ccc(Nc3ncc(Cc4ccccc4C(F)(F)F)c(N)n3)cc2)CC1. The predicted molar refractivity (Wildman–Crippen MR) is 120 cm³/mol. The normalized spacial score (nSPS) is 15.1. The molecule has 6 nitrogen and oxygen atoms in total. The van der Waals surface area contributed by atoms with Crippen LogP contribution in [-0.4, -0.2) is 48.1 Å². The predicted octanol–water partition coefficient (Wildman–Crippen LogP) is 4.16. The van der Waals surface area contributed by atoms with E-state index in [0.29, 0.717) is 11.5 Å². The summed E-state index contributed by atoms with van der Waals surface area (Å²) in [6.45, 7) is 4.05. The van der Waals surface area contributed by atoms with Crippen molar-refractivity contribution in [2.45, 2.75) is 12.6 Å². The molecule has 9 heteroatoms. The summed E-state index contributed by atoms with van der Waals surface area (Å²) in [4.78, 5) is 13.1. The highest BCUT2D eigenvalue weighted by Crippen LogP contribution is 2.33. The largest absolute Gasteiger partial charge is 0.416 e. The number of hydrogen-bond donors (Lipinski definition) is 2. The molecule has 1 fully saturated rings. The number of halogens is 3.